The van der Waals surface area contributed by atoms with Crippen molar-refractivity contribution in [1.29, 1.82) is 0 Å². The molecule has 19 heavy (non-hydrogen) atoms. The Hall–Kier alpha value is -1.07. The maximum atomic E-state index is 12.0. The number of ether oxygens (including phenoxy) is 1. The van der Waals surface area contributed by atoms with Crippen LogP contribution in [0, 0.1) is 0 Å². The van der Waals surface area contributed by atoms with Crippen molar-refractivity contribution >= 4 is 17.5 Å². The van der Waals surface area contributed by atoms with Crippen molar-refractivity contribution in [2.75, 3.05) is 19.5 Å². The van der Waals surface area contributed by atoms with E-state index >= 15 is 0 Å². The number of aromatic nitrogens is 2. The standard InChI is InChI=1S/C13H20ClN3O2/c1-16-8-11(7-15-16)9-17(12(18)6-14)10-13(19-2)4-3-5-13/h7-8H,3-6,9-10H2,1-2H3. The van der Waals surface area contributed by atoms with Crippen LogP contribution in [-0.2, 0) is 23.1 Å². The molecular weight excluding hydrogens is 266 g/mol. The first-order valence-electron chi connectivity index (χ1n) is 6.45. The number of methoxy groups -OCH3 is 1. The smallest absolute Gasteiger partial charge is 0.237 e. The molecule has 0 atom stereocenters. The third kappa shape index (κ3) is 3.28. The van der Waals surface area contributed by atoms with E-state index in [0.29, 0.717) is 13.1 Å². The Morgan fingerprint density at radius 2 is 2.37 bits per heavy atom. The van der Waals surface area contributed by atoms with Crippen LogP contribution in [0.5, 0.6) is 0 Å². The van der Waals surface area contributed by atoms with Gasteiger partial charge in [-0.3, -0.25) is 9.48 Å². The third-order valence-corrected chi connectivity index (χ3v) is 4.00. The van der Waals surface area contributed by atoms with Gasteiger partial charge in [0, 0.05) is 32.5 Å². The van der Waals surface area contributed by atoms with Gasteiger partial charge in [0.05, 0.1) is 18.3 Å². The lowest BCUT2D eigenvalue weighted by Crippen LogP contribution is -2.51. The number of alkyl halides is 1. The fourth-order valence-electron chi connectivity index (χ4n) is 2.44. The van der Waals surface area contributed by atoms with Crippen LogP contribution in [0.3, 0.4) is 0 Å². The zero-order valence-corrected chi connectivity index (χ0v) is 12.2. The fourth-order valence-corrected chi connectivity index (χ4v) is 2.61. The second kappa shape index (κ2) is 5.92. The van der Waals surface area contributed by atoms with Gasteiger partial charge in [-0.25, -0.2) is 0 Å². The van der Waals surface area contributed by atoms with Gasteiger partial charge in [-0.1, -0.05) is 0 Å². The largest absolute Gasteiger partial charge is 0.376 e. The van der Waals surface area contributed by atoms with Crippen molar-refractivity contribution < 1.29 is 9.53 Å². The molecule has 1 fully saturated rings. The molecule has 0 radical (unpaired) electrons. The third-order valence-electron chi connectivity index (χ3n) is 3.78. The number of nitrogens with zero attached hydrogens (tertiary/aromatic N) is 3. The van der Waals surface area contributed by atoms with Crippen LogP contribution in [0.1, 0.15) is 24.8 Å². The van der Waals surface area contributed by atoms with Crippen LogP contribution in [0.25, 0.3) is 0 Å². The topological polar surface area (TPSA) is 47.4 Å². The van der Waals surface area contributed by atoms with E-state index in [2.05, 4.69) is 5.10 Å². The molecule has 1 aromatic heterocycles. The molecule has 0 saturated heterocycles. The Kier molecular flexibility index (Phi) is 4.47. The Morgan fingerprint density at radius 3 is 2.79 bits per heavy atom. The molecule has 0 aliphatic heterocycles. The van der Waals surface area contributed by atoms with Gasteiger partial charge in [0.1, 0.15) is 5.88 Å². The molecule has 1 amide bonds. The van der Waals surface area contributed by atoms with E-state index in [0.717, 1.165) is 24.8 Å². The first-order valence-corrected chi connectivity index (χ1v) is 6.98. The molecule has 0 bridgehead atoms. The molecule has 1 aromatic rings. The van der Waals surface area contributed by atoms with Crippen molar-refractivity contribution in [2.45, 2.75) is 31.4 Å². The van der Waals surface area contributed by atoms with E-state index < -0.39 is 0 Å². The number of amides is 1. The average molecular weight is 286 g/mol. The van der Waals surface area contributed by atoms with Gasteiger partial charge in [0.2, 0.25) is 5.91 Å². The Labute approximate surface area is 118 Å². The van der Waals surface area contributed by atoms with Gasteiger partial charge in [-0.05, 0) is 19.3 Å². The predicted octanol–water partition coefficient (Wildman–Crippen LogP) is 1.56. The summed E-state index contributed by atoms with van der Waals surface area (Å²) in [7, 11) is 3.58. The molecule has 1 heterocycles. The first kappa shape index (κ1) is 14.3. The molecule has 106 valence electrons. The fraction of sp³-hybridized carbons (Fsp3) is 0.692. The number of aryl methyl sites for hydroxylation is 1. The van der Waals surface area contributed by atoms with Crippen LogP contribution in [-0.4, -0.2) is 45.7 Å². The second-order valence-electron chi connectivity index (χ2n) is 5.15. The molecule has 2 rings (SSSR count). The normalized spacial score (nSPS) is 17.0. The Bertz CT molecular complexity index is 437. The highest BCUT2D eigenvalue weighted by Gasteiger charge is 2.39. The van der Waals surface area contributed by atoms with Crippen LogP contribution >= 0.6 is 11.6 Å². The summed E-state index contributed by atoms with van der Waals surface area (Å²) in [5, 5.41) is 4.12. The van der Waals surface area contributed by atoms with Gasteiger partial charge >= 0.3 is 0 Å². The summed E-state index contributed by atoms with van der Waals surface area (Å²) in [5.74, 6) is -0.0612. The molecular formula is C13H20ClN3O2. The molecule has 1 aliphatic rings. The van der Waals surface area contributed by atoms with Gasteiger partial charge in [-0.15, -0.1) is 11.6 Å². The summed E-state index contributed by atoms with van der Waals surface area (Å²) in [6.07, 6.45) is 6.85. The molecule has 5 nitrogen and oxygen atoms in total. The minimum Gasteiger partial charge on any atom is -0.376 e. The monoisotopic (exact) mass is 285 g/mol. The number of hydrogen-bond donors (Lipinski definition) is 0. The zero-order chi connectivity index (χ0) is 13.9. The summed E-state index contributed by atoms with van der Waals surface area (Å²) in [4.78, 5) is 13.7. The SMILES string of the molecule is COC1(CN(Cc2cnn(C)c2)C(=O)CCl)CCC1. The predicted molar refractivity (Wildman–Crippen MR) is 72.9 cm³/mol. The summed E-state index contributed by atoms with van der Waals surface area (Å²) in [6, 6.07) is 0. The van der Waals surface area contributed by atoms with Crippen LogP contribution < -0.4 is 0 Å². The van der Waals surface area contributed by atoms with E-state index in [1.165, 1.54) is 0 Å². The Morgan fingerprint density at radius 1 is 1.63 bits per heavy atom. The Balaban J connectivity index is 2.05. The van der Waals surface area contributed by atoms with Crippen molar-refractivity contribution in [1.82, 2.24) is 14.7 Å². The minimum atomic E-state index is -0.177. The van der Waals surface area contributed by atoms with Crippen LogP contribution in [0.15, 0.2) is 12.4 Å². The maximum absolute atomic E-state index is 12.0. The van der Waals surface area contributed by atoms with E-state index in [9.17, 15) is 4.79 Å². The summed E-state index contributed by atoms with van der Waals surface area (Å²) < 4.78 is 7.31. The summed E-state index contributed by atoms with van der Waals surface area (Å²) in [6.45, 7) is 1.13. The van der Waals surface area contributed by atoms with Gasteiger partial charge < -0.3 is 9.64 Å². The number of carbonyl (C=O) groups is 1. The highest BCUT2D eigenvalue weighted by molar-refractivity contribution is 6.27. The van der Waals surface area contributed by atoms with Crippen molar-refractivity contribution in [3.8, 4) is 0 Å². The van der Waals surface area contributed by atoms with E-state index in [1.54, 1.807) is 22.9 Å². The van der Waals surface area contributed by atoms with Crippen molar-refractivity contribution in [3.05, 3.63) is 18.0 Å². The quantitative estimate of drug-likeness (QED) is 0.745. The highest BCUT2D eigenvalue weighted by atomic mass is 35.5. The second-order valence-corrected chi connectivity index (χ2v) is 5.41. The van der Waals surface area contributed by atoms with Crippen molar-refractivity contribution in [3.63, 3.8) is 0 Å². The average Bonchev–Trinajstić information content (AvgIpc) is 2.77. The highest BCUT2D eigenvalue weighted by Crippen LogP contribution is 2.36. The molecule has 1 aliphatic carbocycles. The van der Waals surface area contributed by atoms with Gasteiger partial charge in [0.25, 0.3) is 0 Å². The molecule has 0 aromatic carbocycles. The molecule has 0 spiro atoms. The molecule has 0 N–H and O–H groups in total. The molecule has 6 heteroatoms. The van der Waals surface area contributed by atoms with E-state index in [1.807, 2.05) is 13.2 Å². The lowest BCUT2D eigenvalue weighted by Gasteiger charge is -2.43. The van der Waals surface area contributed by atoms with Crippen LogP contribution in [0.2, 0.25) is 0 Å². The zero-order valence-electron chi connectivity index (χ0n) is 11.4. The molecule has 0 unspecified atom stereocenters. The van der Waals surface area contributed by atoms with E-state index in [4.69, 9.17) is 16.3 Å². The number of hydrogen-bond acceptors (Lipinski definition) is 3. The summed E-state index contributed by atoms with van der Waals surface area (Å²) >= 11 is 5.70. The van der Waals surface area contributed by atoms with Crippen LogP contribution in [0.4, 0.5) is 0 Å². The number of halogens is 1. The van der Waals surface area contributed by atoms with E-state index in [-0.39, 0.29) is 17.4 Å². The minimum absolute atomic E-state index is 0.0000560. The van der Waals surface area contributed by atoms with Crippen molar-refractivity contribution in [2.24, 2.45) is 7.05 Å². The molecule has 1 saturated carbocycles. The summed E-state index contributed by atoms with van der Waals surface area (Å²) in [5.41, 5.74) is 0.829. The first-order chi connectivity index (χ1) is 9.08. The lowest BCUT2D eigenvalue weighted by molar-refractivity contribution is -0.139. The lowest BCUT2D eigenvalue weighted by atomic mass is 9.79. The number of carbonyl (C=O) groups excluding carboxylic acids is 1. The van der Waals surface area contributed by atoms with Gasteiger partial charge in [0.15, 0.2) is 0 Å². The maximum Gasteiger partial charge on any atom is 0.237 e. The number of rotatable bonds is 6. The van der Waals surface area contributed by atoms with Gasteiger partial charge in [-0.2, -0.15) is 5.10 Å².